The largest absolute Gasteiger partial charge is 0.479 e. The number of ether oxygens (including phenoxy) is 1. The molecule has 136 valence electrons. The van der Waals surface area contributed by atoms with Crippen molar-refractivity contribution in [1.82, 2.24) is 5.32 Å². The van der Waals surface area contributed by atoms with Crippen LogP contribution in [0.4, 0.5) is 0 Å². The van der Waals surface area contributed by atoms with Crippen LogP contribution in [0.2, 0.25) is 10.0 Å². The quantitative estimate of drug-likeness (QED) is 0.808. The van der Waals surface area contributed by atoms with Gasteiger partial charge < -0.3 is 15.2 Å². The van der Waals surface area contributed by atoms with Gasteiger partial charge >= 0.3 is 5.97 Å². The van der Waals surface area contributed by atoms with Crippen LogP contribution in [0.3, 0.4) is 0 Å². The van der Waals surface area contributed by atoms with Crippen molar-refractivity contribution in [3.63, 3.8) is 0 Å². The standard InChI is InChI=1S/C19H17Cl2NO4/c20-13-5-1-11(2-6-13)17(12-3-7-14(21)8-4-12)22-18(23)15-9-10-16(26-15)19(24)25/h1-8,15-17H,9-10H2,(H,22,23)(H,24,25)/t15-,16+/m0/s1. The molecule has 2 aromatic carbocycles. The number of carboxylic acids is 1. The van der Waals surface area contributed by atoms with Gasteiger partial charge in [-0.05, 0) is 48.2 Å². The lowest BCUT2D eigenvalue weighted by Crippen LogP contribution is -2.38. The second kappa shape index (κ2) is 8.08. The monoisotopic (exact) mass is 393 g/mol. The number of hydrogen-bond donors (Lipinski definition) is 2. The predicted molar refractivity (Wildman–Crippen MR) is 98.4 cm³/mol. The summed E-state index contributed by atoms with van der Waals surface area (Å²) in [6.07, 6.45) is -1.02. The molecule has 1 amide bonds. The first-order valence-electron chi connectivity index (χ1n) is 8.13. The molecule has 0 aliphatic carbocycles. The van der Waals surface area contributed by atoms with E-state index in [2.05, 4.69) is 5.32 Å². The first-order chi connectivity index (χ1) is 12.4. The van der Waals surface area contributed by atoms with Crippen LogP contribution in [-0.4, -0.2) is 29.2 Å². The van der Waals surface area contributed by atoms with Crippen molar-refractivity contribution in [1.29, 1.82) is 0 Å². The molecule has 0 spiro atoms. The number of amides is 1. The summed E-state index contributed by atoms with van der Waals surface area (Å²) in [4.78, 5) is 23.6. The molecule has 3 rings (SSSR count). The van der Waals surface area contributed by atoms with Gasteiger partial charge in [0.1, 0.15) is 6.10 Å². The molecule has 0 unspecified atom stereocenters. The minimum absolute atomic E-state index is 0.319. The summed E-state index contributed by atoms with van der Waals surface area (Å²) in [5.41, 5.74) is 1.69. The van der Waals surface area contributed by atoms with Gasteiger partial charge in [-0.1, -0.05) is 47.5 Å². The van der Waals surface area contributed by atoms with Gasteiger partial charge in [0.05, 0.1) is 6.04 Å². The van der Waals surface area contributed by atoms with Crippen LogP contribution in [0.25, 0.3) is 0 Å². The highest BCUT2D eigenvalue weighted by Crippen LogP contribution is 2.27. The Balaban J connectivity index is 1.82. The van der Waals surface area contributed by atoms with Crippen LogP contribution in [-0.2, 0) is 14.3 Å². The average Bonchev–Trinajstić information content (AvgIpc) is 3.12. The van der Waals surface area contributed by atoms with Crippen molar-refractivity contribution in [3.05, 3.63) is 69.7 Å². The summed E-state index contributed by atoms with van der Waals surface area (Å²) in [6, 6.07) is 13.9. The number of benzene rings is 2. The van der Waals surface area contributed by atoms with Crippen LogP contribution >= 0.6 is 23.2 Å². The number of rotatable bonds is 5. The lowest BCUT2D eigenvalue weighted by molar-refractivity contribution is -0.151. The summed E-state index contributed by atoms with van der Waals surface area (Å²) in [6.45, 7) is 0. The molecule has 1 heterocycles. The lowest BCUT2D eigenvalue weighted by Gasteiger charge is -2.22. The average molecular weight is 394 g/mol. The Morgan fingerprint density at radius 2 is 1.38 bits per heavy atom. The third-order valence-corrected chi connectivity index (χ3v) is 4.78. The van der Waals surface area contributed by atoms with Crippen molar-refractivity contribution < 1.29 is 19.4 Å². The van der Waals surface area contributed by atoms with Gasteiger partial charge in [0.25, 0.3) is 0 Å². The van der Waals surface area contributed by atoms with Gasteiger partial charge in [-0.15, -0.1) is 0 Å². The van der Waals surface area contributed by atoms with E-state index < -0.39 is 24.2 Å². The summed E-state index contributed by atoms with van der Waals surface area (Å²) in [5, 5.41) is 13.2. The van der Waals surface area contributed by atoms with Crippen molar-refractivity contribution in [3.8, 4) is 0 Å². The van der Waals surface area contributed by atoms with E-state index in [4.69, 9.17) is 33.0 Å². The summed E-state index contributed by atoms with van der Waals surface area (Å²) < 4.78 is 5.34. The van der Waals surface area contributed by atoms with Crippen molar-refractivity contribution in [2.45, 2.75) is 31.1 Å². The molecule has 7 heteroatoms. The molecular weight excluding hydrogens is 377 g/mol. The molecule has 0 aromatic heterocycles. The summed E-state index contributed by atoms with van der Waals surface area (Å²) >= 11 is 11.9. The van der Waals surface area contributed by atoms with E-state index in [1.165, 1.54) is 0 Å². The van der Waals surface area contributed by atoms with Gasteiger partial charge in [-0.2, -0.15) is 0 Å². The maximum atomic E-state index is 12.6. The molecule has 2 atom stereocenters. The Morgan fingerprint density at radius 3 is 1.81 bits per heavy atom. The Hall–Kier alpha value is -2.08. The molecule has 1 fully saturated rings. The van der Waals surface area contributed by atoms with Gasteiger partial charge in [0, 0.05) is 10.0 Å². The number of nitrogens with one attached hydrogen (secondary N) is 1. The van der Waals surface area contributed by atoms with Gasteiger partial charge in [-0.25, -0.2) is 4.79 Å². The maximum absolute atomic E-state index is 12.6. The van der Waals surface area contributed by atoms with Crippen molar-refractivity contribution in [2.24, 2.45) is 0 Å². The molecule has 1 aliphatic rings. The maximum Gasteiger partial charge on any atom is 0.332 e. The van der Waals surface area contributed by atoms with Crippen LogP contribution in [0.5, 0.6) is 0 Å². The third kappa shape index (κ3) is 4.36. The van der Waals surface area contributed by atoms with E-state index in [1.54, 1.807) is 24.3 Å². The second-order valence-corrected chi connectivity index (χ2v) is 6.95. The summed E-state index contributed by atoms with van der Waals surface area (Å²) in [7, 11) is 0. The van der Waals surface area contributed by atoms with E-state index in [-0.39, 0.29) is 5.91 Å². The molecule has 0 saturated carbocycles. The van der Waals surface area contributed by atoms with Gasteiger partial charge in [0.15, 0.2) is 6.10 Å². The molecule has 26 heavy (non-hydrogen) atoms. The van der Waals surface area contributed by atoms with Crippen LogP contribution in [0, 0.1) is 0 Å². The lowest BCUT2D eigenvalue weighted by atomic mass is 9.98. The molecule has 0 radical (unpaired) electrons. The highest BCUT2D eigenvalue weighted by Gasteiger charge is 2.35. The molecule has 5 nitrogen and oxygen atoms in total. The van der Waals surface area contributed by atoms with Crippen LogP contribution in [0.15, 0.2) is 48.5 Å². The minimum atomic E-state index is -1.05. The molecule has 0 bridgehead atoms. The Kier molecular flexibility index (Phi) is 5.81. The zero-order valence-electron chi connectivity index (χ0n) is 13.7. The topological polar surface area (TPSA) is 75.6 Å². The molecule has 2 aromatic rings. The molecule has 1 aliphatic heterocycles. The number of hydrogen-bond acceptors (Lipinski definition) is 3. The first-order valence-corrected chi connectivity index (χ1v) is 8.89. The first kappa shape index (κ1) is 18.7. The van der Waals surface area contributed by atoms with E-state index in [0.717, 1.165) is 11.1 Å². The van der Waals surface area contributed by atoms with Crippen molar-refractivity contribution in [2.75, 3.05) is 0 Å². The zero-order chi connectivity index (χ0) is 18.7. The van der Waals surface area contributed by atoms with Gasteiger partial charge in [0.2, 0.25) is 5.91 Å². The zero-order valence-corrected chi connectivity index (χ0v) is 15.2. The number of carbonyl (C=O) groups is 2. The smallest absolute Gasteiger partial charge is 0.332 e. The Labute approximate surface area is 160 Å². The van der Waals surface area contributed by atoms with E-state index in [0.29, 0.717) is 22.9 Å². The highest BCUT2D eigenvalue weighted by atomic mass is 35.5. The Bertz CT molecular complexity index is 747. The molecule has 1 saturated heterocycles. The fraction of sp³-hybridized carbons (Fsp3) is 0.263. The number of carbonyl (C=O) groups excluding carboxylic acids is 1. The molecular formula is C19H17Cl2NO4. The number of carboxylic acid groups (broad SMARTS) is 1. The third-order valence-electron chi connectivity index (χ3n) is 4.28. The summed E-state index contributed by atoms with van der Waals surface area (Å²) in [5.74, 6) is -1.39. The van der Waals surface area contributed by atoms with E-state index in [9.17, 15) is 9.59 Å². The van der Waals surface area contributed by atoms with Crippen LogP contribution < -0.4 is 5.32 Å². The molecule has 2 N–H and O–H groups in total. The van der Waals surface area contributed by atoms with Crippen LogP contribution in [0.1, 0.15) is 30.0 Å². The fourth-order valence-corrected chi connectivity index (χ4v) is 3.17. The van der Waals surface area contributed by atoms with E-state index >= 15 is 0 Å². The number of aliphatic carboxylic acids is 1. The fourth-order valence-electron chi connectivity index (χ4n) is 2.92. The Morgan fingerprint density at radius 1 is 0.923 bits per heavy atom. The SMILES string of the molecule is O=C(NC(c1ccc(Cl)cc1)c1ccc(Cl)cc1)[C@@H]1CC[C@H](C(=O)O)O1. The van der Waals surface area contributed by atoms with E-state index in [1.807, 2.05) is 24.3 Å². The van der Waals surface area contributed by atoms with Gasteiger partial charge in [-0.3, -0.25) is 4.79 Å². The second-order valence-electron chi connectivity index (χ2n) is 6.07. The highest BCUT2D eigenvalue weighted by molar-refractivity contribution is 6.30. The normalized spacial score (nSPS) is 19.5. The minimum Gasteiger partial charge on any atom is -0.479 e. The van der Waals surface area contributed by atoms with Crippen molar-refractivity contribution >= 4 is 35.1 Å². The predicted octanol–water partition coefficient (Wildman–Crippen LogP) is 3.83. The number of halogens is 2.